The summed E-state index contributed by atoms with van der Waals surface area (Å²) in [5.41, 5.74) is 7.76. The van der Waals surface area contributed by atoms with Gasteiger partial charge in [-0.15, -0.1) is 0 Å². The van der Waals surface area contributed by atoms with Crippen molar-refractivity contribution < 1.29 is 5.11 Å². The maximum Gasteiger partial charge on any atom is 0.0738 e. The summed E-state index contributed by atoms with van der Waals surface area (Å²) in [6.45, 7) is 6.82. The zero-order chi connectivity index (χ0) is 13.0. The summed E-state index contributed by atoms with van der Waals surface area (Å²) in [5, 5.41) is 9.29. The summed E-state index contributed by atoms with van der Waals surface area (Å²) >= 11 is 0. The SMILES string of the molecule is CC(O)CCN1CCN(c2ccncc2N)CC1. The number of nitrogen functional groups attached to an aromatic ring is 1. The molecule has 0 saturated carbocycles. The third-order valence-electron chi connectivity index (χ3n) is 3.40. The number of piperazine rings is 1. The normalized spacial score (nSPS) is 18.9. The number of anilines is 2. The van der Waals surface area contributed by atoms with Crippen LogP contribution < -0.4 is 10.6 Å². The van der Waals surface area contributed by atoms with Crippen LogP contribution in [0, 0.1) is 0 Å². The van der Waals surface area contributed by atoms with Gasteiger partial charge in [0.05, 0.1) is 23.7 Å². The fourth-order valence-corrected chi connectivity index (χ4v) is 2.27. The number of aromatic nitrogens is 1. The molecule has 1 aromatic rings. The van der Waals surface area contributed by atoms with Gasteiger partial charge in [-0.25, -0.2) is 0 Å². The Morgan fingerprint density at radius 2 is 2.11 bits per heavy atom. The number of aliphatic hydroxyl groups excluding tert-OH is 1. The van der Waals surface area contributed by atoms with Crippen molar-refractivity contribution in [2.24, 2.45) is 0 Å². The molecule has 5 nitrogen and oxygen atoms in total. The van der Waals surface area contributed by atoms with Gasteiger partial charge in [-0.1, -0.05) is 0 Å². The Morgan fingerprint density at radius 1 is 1.39 bits per heavy atom. The van der Waals surface area contributed by atoms with Crippen molar-refractivity contribution in [2.45, 2.75) is 19.4 Å². The largest absolute Gasteiger partial charge is 0.396 e. The van der Waals surface area contributed by atoms with Crippen LogP contribution in [0.3, 0.4) is 0 Å². The second kappa shape index (κ2) is 6.02. The molecular formula is C13H22N4O. The lowest BCUT2D eigenvalue weighted by atomic mass is 10.2. The van der Waals surface area contributed by atoms with E-state index in [0.29, 0.717) is 0 Å². The number of aliphatic hydroxyl groups is 1. The van der Waals surface area contributed by atoms with Gasteiger partial charge < -0.3 is 15.7 Å². The number of nitrogens with zero attached hydrogens (tertiary/aromatic N) is 3. The topological polar surface area (TPSA) is 65.6 Å². The van der Waals surface area contributed by atoms with Crippen LogP contribution in [0.25, 0.3) is 0 Å². The Balaban J connectivity index is 1.85. The summed E-state index contributed by atoms with van der Waals surface area (Å²) < 4.78 is 0. The van der Waals surface area contributed by atoms with Crippen molar-refractivity contribution in [3.8, 4) is 0 Å². The fourth-order valence-electron chi connectivity index (χ4n) is 2.27. The standard InChI is InChI=1S/C13H22N4O/c1-11(18)3-5-16-6-8-17(9-7-16)13-2-4-15-10-12(13)14/h2,4,10-11,18H,3,5-9,14H2,1H3. The molecule has 1 aliphatic rings. The molecule has 2 heterocycles. The van der Waals surface area contributed by atoms with E-state index in [9.17, 15) is 5.11 Å². The molecule has 1 aromatic heterocycles. The first-order valence-electron chi connectivity index (χ1n) is 6.51. The molecule has 0 aliphatic carbocycles. The monoisotopic (exact) mass is 250 g/mol. The van der Waals surface area contributed by atoms with Gasteiger partial charge in [0.25, 0.3) is 0 Å². The van der Waals surface area contributed by atoms with Crippen molar-refractivity contribution in [1.82, 2.24) is 9.88 Å². The Hall–Kier alpha value is -1.33. The average Bonchev–Trinajstić information content (AvgIpc) is 2.38. The average molecular weight is 250 g/mol. The Bertz CT molecular complexity index is 375. The molecule has 1 unspecified atom stereocenters. The van der Waals surface area contributed by atoms with Gasteiger partial charge in [0.1, 0.15) is 0 Å². The van der Waals surface area contributed by atoms with E-state index >= 15 is 0 Å². The number of rotatable bonds is 4. The highest BCUT2D eigenvalue weighted by Gasteiger charge is 2.18. The van der Waals surface area contributed by atoms with E-state index in [2.05, 4.69) is 14.8 Å². The maximum absolute atomic E-state index is 9.29. The second-order valence-electron chi connectivity index (χ2n) is 4.90. The highest BCUT2D eigenvalue weighted by atomic mass is 16.3. The predicted octanol–water partition coefficient (Wildman–Crippen LogP) is 0.557. The minimum Gasteiger partial charge on any atom is -0.396 e. The fraction of sp³-hybridized carbons (Fsp3) is 0.615. The maximum atomic E-state index is 9.29. The van der Waals surface area contributed by atoms with Crippen molar-refractivity contribution in [3.63, 3.8) is 0 Å². The van der Waals surface area contributed by atoms with Gasteiger partial charge >= 0.3 is 0 Å². The van der Waals surface area contributed by atoms with E-state index in [1.54, 1.807) is 12.4 Å². The van der Waals surface area contributed by atoms with E-state index in [1.807, 2.05) is 13.0 Å². The zero-order valence-corrected chi connectivity index (χ0v) is 10.9. The lowest BCUT2D eigenvalue weighted by Crippen LogP contribution is -2.47. The molecule has 3 N–H and O–H groups in total. The molecule has 1 aliphatic heterocycles. The van der Waals surface area contributed by atoms with E-state index in [4.69, 9.17) is 5.73 Å². The minimum atomic E-state index is -0.209. The van der Waals surface area contributed by atoms with Gasteiger partial charge in [-0.3, -0.25) is 9.88 Å². The molecule has 0 spiro atoms. The van der Waals surface area contributed by atoms with Crippen LogP contribution in [0.5, 0.6) is 0 Å². The van der Waals surface area contributed by atoms with Crippen molar-refractivity contribution >= 4 is 11.4 Å². The van der Waals surface area contributed by atoms with Crippen molar-refractivity contribution in [3.05, 3.63) is 18.5 Å². The Labute approximate surface area is 108 Å². The van der Waals surface area contributed by atoms with Crippen LogP contribution in [0.4, 0.5) is 11.4 Å². The molecule has 2 rings (SSSR count). The number of hydrogen-bond donors (Lipinski definition) is 2. The Morgan fingerprint density at radius 3 is 2.72 bits per heavy atom. The lowest BCUT2D eigenvalue weighted by Gasteiger charge is -2.36. The molecule has 0 bridgehead atoms. The molecule has 18 heavy (non-hydrogen) atoms. The number of pyridine rings is 1. The van der Waals surface area contributed by atoms with E-state index in [0.717, 1.165) is 50.5 Å². The van der Waals surface area contributed by atoms with E-state index in [-0.39, 0.29) is 6.10 Å². The molecule has 0 amide bonds. The summed E-state index contributed by atoms with van der Waals surface area (Å²) in [5.74, 6) is 0. The molecule has 1 fully saturated rings. The molecule has 1 saturated heterocycles. The van der Waals surface area contributed by atoms with Gasteiger partial charge in [0, 0.05) is 38.9 Å². The lowest BCUT2D eigenvalue weighted by molar-refractivity contribution is 0.153. The molecule has 1 atom stereocenters. The summed E-state index contributed by atoms with van der Waals surface area (Å²) in [4.78, 5) is 8.70. The molecule has 0 aromatic carbocycles. The van der Waals surface area contributed by atoms with Crippen LogP contribution in [0.1, 0.15) is 13.3 Å². The Kier molecular flexibility index (Phi) is 4.38. The highest BCUT2D eigenvalue weighted by molar-refractivity contribution is 5.66. The quantitative estimate of drug-likeness (QED) is 0.817. The zero-order valence-electron chi connectivity index (χ0n) is 10.9. The van der Waals surface area contributed by atoms with Crippen molar-refractivity contribution in [2.75, 3.05) is 43.4 Å². The van der Waals surface area contributed by atoms with Crippen LogP contribution in [-0.2, 0) is 0 Å². The van der Waals surface area contributed by atoms with Crippen LogP contribution >= 0.6 is 0 Å². The summed E-state index contributed by atoms with van der Waals surface area (Å²) in [6, 6.07) is 1.97. The molecule has 0 radical (unpaired) electrons. The van der Waals surface area contributed by atoms with Gasteiger partial charge in [-0.05, 0) is 19.4 Å². The van der Waals surface area contributed by atoms with E-state index in [1.165, 1.54) is 0 Å². The van der Waals surface area contributed by atoms with E-state index < -0.39 is 0 Å². The molecule has 5 heteroatoms. The first-order valence-corrected chi connectivity index (χ1v) is 6.51. The van der Waals surface area contributed by atoms with Crippen LogP contribution in [-0.4, -0.2) is 53.8 Å². The van der Waals surface area contributed by atoms with Crippen molar-refractivity contribution in [1.29, 1.82) is 0 Å². The summed E-state index contributed by atoms with van der Waals surface area (Å²) in [6.07, 6.45) is 4.12. The molecule has 100 valence electrons. The number of hydrogen-bond acceptors (Lipinski definition) is 5. The summed E-state index contributed by atoms with van der Waals surface area (Å²) in [7, 11) is 0. The van der Waals surface area contributed by atoms with Crippen LogP contribution in [0.2, 0.25) is 0 Å². The van der Waals surface area contributed by atoms with Crippen LogP contribution in [0.15, 0.2) is 18.5 Å². The minimum absolute atomic E-state index is 0.209. The van der Waals surface area contributed by atoms with Gasteiger partial charge in [0.15, 0.2) is 0 Å². The first-order chi connectivity index (χ1) is 8.66. The van der Waals surface area contributed by atoms with Gasteiger partial charge in [-0.2, -0.15) is 0 Å². The second-order valence-corrected chi connectivity index (χ2v) is 4.90. The highest BCUT2D eigenvalue weighted by Crippen LogP contribution is 2.22. The third kappa shape index (κ3) is 3.34. The third-order valence-corrected chi connectivity index (χ3v) is 3.40. The smallest absolute Gasteiger partial charge is 0.0738 e. The van der Waals surface area contributed by atoms with Gasteiger partial charge in [0.2, 0.25) is 0 Å². The first kappa shape index (κ1) is 13.1. The molecular weight excluding hydrogens is 228 g/mol. The predicted molar refractivity (Wildman–Crippen MR) is 73.6 cm³/mol. The number of nitrogens with two attached hydrogens (primary N) is 1.